The van der Waals surface area contributed by atoms with Gasteiger partial charge in [0.15, 0.2) is 0 Å². The van der Waals surface area contributed by atoms with Crippen molar-refractivity contribution in [2.75, 3.05) is 5.32 Å². The summed E-state index contributed by atoms with van der Waals surface area (Å²) in [5, 5.41) is 2.61. The highest BCUT2D eigenvalue weighted by atomic mass is 79.9. The number of carbonyl (C=O) groups excluding carboxylic acids is 1. The van der Waals surface area contributed by atoms with Gasteiger partial charge in [-0.3, -0.25) is 9.78 Å². The van der Waals surface area contributed by atoms with Crippen molar-refractivity contribution in [3.63, 3.8) is 0 Å². The van der Waals surface area contributed by atoms with Crippen LogP contribution >= 0.6 is 15.9 Å². The van der Waals surface area contributed by atoms with Gasteiger partial charge in [-0.2, -0.15) is 0 Å². The molecular formula is C13H11BrFN3O. The molecule has 1 aromatic heterocycles. The number of nitrogens with zero attached hydrogens (tertiary/aromatic N) is 1. The van der Waals surface area contributed by atoms with Crippen molar-refractivity contribution in [1.29, 1.82) is 0 Å². The predicted molar refractivity (Wildman–Crippen MR) is 74.2 cm³/mol. The normalized spacial score (nSPS) is 10.3. The Morgan fingerprint density at radius 2 is 2.16 bits per heavy atom. The molecule has 0 unspecified atom stereocenters. The number of amides is 1. The van der Waals surface area contributed by atoms with Crippen molar-refractivity contribution in [2.45, 2.75) is 6.54 Å². The van der Waals surface area contributed by atoms with E-state index in [4.69, 9.17) is 5.73 Å². The van der Waals surface area contributed by atoms with E-state index < -0.39 is 5.82 Å². The fourth-order valence-electron chi connectivity index (χ4n) is 1.51. The molecule has 0 fully saturated rings. The molecule has 1 amide bonds. The van der Waals surface area contributed by atoms with E-state index in [9.17, 15) is 9.18 Å². The summed E-state index contributed by atoms with van der Waals surface area (Å²) in [5.41, 5.74) is 6.89. The Balaban J connectivity index is 2.18. The topological polar surface area (TPSA) is 68.0 Å². The quantitative estimate of drug-likeness (QED) is 0.912. The number of halogens is 2. The van der Waals surface area contributed by atoms with Gasteiger partial charge in [-0.25, -0.2) is 4.39 Å². The molecule has 0 aliphatic rings. The van der Waals surface area contributed by atoms with E-state index >= 15 is 0 Å². The number of benzene rings is 1. The molecule has 2 rings (SSSR count). The van der Waals surface area contributed by atoms with Crippen LogP contribution in [-0.2, 0) is 6.54 Å². The third kappa shape index (κ3) is 3.36. The van der Waals surface area contributed by atoms with Crippen LogP contribution in [0.15, 0.2) is 41.0 Å². The van der Waals surface area contributed by atoms with Gasteiger partial charge < -0.3 is 11.1 Å². The molecule has 6 heteroatoms. The lowest BCUT2D eigenvalue weighted by Gasteiger charge is -2.06. The number of hydrogen-bond acceptors (Lipinski definition) is 3. The summed E-state index contributed by atoms with van der Waals surface area (Å²) < 4.78 is 13.7. The first kappa shape index (κ1) is 13.6. The molecule has 0 spiro atoms. The van der Waals surface area contributed by atoms with Crippen LogP contribution in [0.4, 0.5) is 10.1 Å². The van der Waals surface area contributed by atoms with Gasteiger partial charge in [0, 0.05) is 24.0 Å². The molecule has 1 heterocycles. The molecule has 0 aliphatic carbocycles. The van der Waals surface area contributed by atoms with Crippen molar-refractivity contribution in [2.24, 2.45) is 5.73 Å². The van der Waals surface area contributed by atoms with Gasteiger partial charge in [-0.05, 0) is 46.3 Å². The number of rotatable bonds is 3. The van der Waals surface area contributed by atoms with E-state index in [1.807, 2.05) is 0 Å². The minimum atomic E-state index is -0.435. The molecule has 2 aromatic rings. The minimum absolute atomic E-state index is 0.258. The van der Waals surface area contributed by atoms with E-state index in [2.05, 4.69) is 26.2 Å². The van der Waals surface area contributed by atoms with Crippen LogP contribution in [0.1, 0.15) is 16.1 Å². The highest BCUT2D eigenvalue weighted by Crippen LogP contribution is 2.19. The number of aromatic nitrogens is 1. The number of anilines is 1. The zero-order chi connectivity index (χ0) is 13.8. The molecule has 4 nitrogen and oxygen atoms in total. The lowest BCUT2D eigenvalue weighted by Crippen LogP contribution is -2.13. The van der Waals surface area contributed by atoms with E-state index in [1.165, 1.54) is 18.3 Å². The highest BCUT2D eigenvalue weighted by molar-refractivity contribution is 9.10. The van der Waals surface area contributed by atoms with Gasteiger partial charge in [-0.1, -0.05) is 0 Å². The zero-order valence-electron chi connectivity index (χ0n) is 9.86. The minimum Gasteiger partial charge on any atom is -0.325 e. The van der Waals surface area contributed by atoms with E-state index in [1.54, 1.807) is 18.2 Å². The van der Waals surface area contributed by atoms with Gasteiger partial charge in [0.05, 0.1) is 10.2 Å². The fraction of sp³-hybridized carbons (Fsp3) is 0.0769. The Hall–Kier alpha value is -1.79. The first-order valence-electron chi connectivity index (χ1n) is 5.51. The zero-order valence-corrected chi connectivity index (χ0v) is 11.4. The third-order valence-corrected chi connectivity index (χ3v) is 3.11. The molecule has 0 atom stereocenters. The summed E-state index contributed by atoms with van der Waals surface area (Å²) in [6.07, 6.45) is 1.51. The van der Waals surface area contributed by atoms with Crippen LogP contribution in [0, 0.1) is 5.82 Å². The van der Waals surface area contributed by atoms with Crippen LogP contribution in [0.3, 0.4) is 0 Å². The van der Waals surface area contributed by atoms with Crippen LogP contribution in [0.5, 0.6) is 0 Å². The Morgan fingerprint density at radius 3 is 2.84 bits per heavy atom. The molecule has 0 radical (unpaired) electrons. The number of hydrogen-bond donors (Lipinski definition) is 2. The van der Waals surface area contributed by atoms with E-state index in [0.717, 1.165) is 0 Å². The number of nitrogens with two attached hydrogens (primary N) is 1. The average Bonchev–Trinajstić information content (AvgIpc) is 2.43. The van der Waals surface area contributed by atoms with Crippen molar-refractivity contribution in [1.82, 2.24) is 4.98 Å². The average molecular weight is 324 g/mol. The second-order valence-corrected chi connectivity index (χ2v) is 4.68. The van der Waals surface area contributed by atoms with Crippen molar-refractivity contribution in [3.8, 4) is 0 Å². The third-order valence-electron chi connectivity index (χ3n) is 2.47. The first-order valence-corrected chi connectivity index (χ1v) is 6.31. The molecule has 3 N–H and O–H groups in total. The smallest absolute Gasteiger partial charge is 0.255 e. The highest BCUT2D eigenvalue weighted by Gasteiger charge is 2.08. The summed E-state index contributed by atoms with van der Waals surface area (Å²) in [6.45, 7) is 0.258. The second kappa shape index (κ2) is 5.90. The molecule has 0 saturated heterocycles. The maximum absolute atomic E-state index is 13.3. The maximum Gasteiger partial charge on any atom is 0.255 e. The lowest BCUT2D eigenvalue weighted by atomic mass is 10.2. The Morgan fingerprint density at radius 1 is 1.37 bits per heavy atom. The molecule has 1 aromatic carbocycles. The molecule has 0 aliphatic heterocycles. The molecule has 19 heavy (non-hydrogen) atoms. The van der Waals surface area contributed by atoms with Gasteiger partial charge in [-0.15, -0.1) is 0 Å². The summed E-state index contributed by atoms with van der Waals surface area (Å²) in [4.78, 5) is 16.0. The fourth-order valence-corrected chi connectivity index (χ4v) is 1.75. The maximum atomic E-state index is 13.3. The van der Waals surface area contributed by atoms with E-state index in [-0.39, 0.29) is 12.5 Å². The lowest BCUT2D eigenvalue weighted by molar-refractivity contribution is 0.102. The van der Waals surface area contributed by atoms with Crippen LogP contribution in [0.25, 0.3) is 0 Å². The van der Waals surface area contributed by atoms with Crippen LogP contribution in [0.2, 0.25) is 0 Å². The number of pyridine rings is 1. The Labute approximate surface area is 118 Å². The van der Waals surface area contributed by atoms with Crippen LogP contribution in [-0.4, -0.2) is 10.9 Å². The SMILES string of the molecule is NCc1cc(C(=O)Nc2ccc(Br)c(F)c2)ccn1. The molecule has 0 saturated carbocycles. The van der Waals surface area contributed by atoms with Gasteiger partial charge in [0.1, 0.15) is 5.82 Å². The van der Waals surface area contributed by atoms with Crippen molar-refractivity contribution < 1.29 is 9.18 Å². The monoisotopic (exact) mass is 323 g/mol. The van der Waals surface area contributed by atoms with Crippen molar-refractivity contribution >= 4 is 27.5 Å². The van der Waals surface area contributed by atoms with Crippen LogP contribution < -0.4 is 11.1 Å². The first-order chi connectivity index (χ1) is 9.10. The summed E-state index contributed by atoms with van der Waals surface area (Å²) >= 11 is 3.05. The van der Waals surface area contributed by atoms with Gasteiger partial charge in [0.25, 0.3) is 5.91 Å². The van der Waals surface area contributed by atoms with Gasteiger partial charge in [0.2, 0.25) is 0 Å². The Bertz CT molecular complexity index is 619. The largest absolute Gasteiger partial charge is 0.325 e. The molecule has 98 valence electrons. The van der Waals surface area contributed by atoms with Crippen molar-refractivity contribution in [3.05, 3.63) is 58.1 Å². The summed E-state index contributed by atoms with van der Waals surface area (Å²) in [7, 11) is 0. The summed E-state index contributed by atoms with van der Waals surface area (Å²) in [6, 6.07) is 7.56. The second-order valence-electron chi connectivity index (χ2n) is 3.82. The summed E-state index contributed by atoms with van der Waals surface area (Å²) in [5.74, 6) is -0.769. The molecule has 0 bridgehead atoms. The predicted octanol–water partition coefficient (Wildman–Crippen LogP) is 2.69. The standard InChI is InChI=1S/C13H11BrFN3O/c14-11-2-1-9(6-12(11)15)18-13(19)8-3-4-17-10(5-8)7-16/h1-6H,7,16H2,(H,18,19). The number of nitrogens with one attached hydrogen (secondary N) is 1. The molecular weight excluding hydrogens is 313 g/mol. The Kier molecular flexibility index (Phi) is 4.24. The number of carbonyl (C=O) groups is 1. The van der Waals surface area contributed by atoms with E-state index in [0.29, 0.717) is 21.4 Å². The van der Waals surface area contributed by atoms with Gasteiger partial charge >= 0.3 is 0 Å².